The molecule has 1 atom stereocenters. The van der Waals surface area contributed by atoms with Crippen molar-refractivity contribution in [3.8, 4) is 5.75 Å². The standard InChI is InChI=1S/C17H24N2O3/c1-6-19(17(20)21-11-13(2)3)14(4)15-7-9-16(10-8-15)22-12-18-5/h7-10,13-14H,6,11-12H2,1-4H3/t14-/m0/s1. The predicted molar refractivity (Wildman–Crippen MR) is 85.5 cm³/mol. The summed E-state index contributed by atoms with van der Waals surface area (Å²) in [4.78, 5) is 17.0. The lowest BCUT2D eigenvalue weighted by Gasteiger charge is -2.28. The summed E-state index contributed by atoms with van der Waals surface area (Å²) >= 11 is 0. The number of hydrogen-bond acceptors (Lipinski definition) is 3. The number of carbonyl (C=O) groups excluding carboxylic acids is 1. The van der Waals surface area contributed by atoms with Crippen LogP contribution < -0.4 is 4.74 Å². The van der Waals surface area contributed by atoms with Gasteiger partial charge in [-0.05, 0) is 37.5 Å². The van der Waals surface area contributed by atoms with Gasteiger partial charge in [0, 0.05) is 6.54 Å². The van der Waals surface area contributed by atoms with Crippen LogP contribution in [0.25, 0.3) is 4.85 Å². The first kappa shape index (κ1) is 17.8. The van der Waals surface area contributed by atoms with Crippen molar-refractivity contribution in [2.24, 2.45) is 5.92 Å². The van der Waals surface area contributed by atoms with Gasteiger partial charge in [0.05, 0.1) is 12.6 Å². The van der Waals surface area contributed by atoms with Crippen LogP contribution in [0.1, 0.15) is 39.3 Å². The van der Waals surface area contributed by atoms with Crippen LogP contribution in [0.5, 0.6) is 5.75 Å². The first-order valence-electron chi connectivity index (χ1n) is 7.49. The molecule has 1 amide bonds. The van der Waals surface area contributed by atoms with Crippen molar-refractivity contribution in [2.45, 2.75) is 33.7 Å². The molecule has 0 saturated heterocycles. The molecule has 120 valence electrons. The Labute approximate surface area is 132 Å². The summed E-state index contributed by atoms with van der Waals surface area (Å²) in [5, 5.41) is 0. The monoisotopic (exact) mass is 304 g/mol. The Bertz CT molecular complexity index is 506. The highest BCUT2D eigenvalue weighted by molar-refractivity contribution is 5.68. The fourth-order valence-corrected chi connectivity index (χ4v) is 2.01. The molecule has 0 aliphatic heterocycles. The molecule has 5 nitrogen and oxygen atoms in total. The number of carbonyl (C=O) groups is 1. The molecule has 1 aromatic carbocycles. The predicted octanol–water partition coefficient (Wildman–Crippen LogP) is 4.12. The molecule has 0 saturated carbocycles. The molecule has 0 heterocycles. The molecular formula is C17H24N2O3. The molecule has 0 N–H and O–H groups in total. The number of nitrogens with zero attached hydrogens (tertiary/aromatic N) is 2. The zero-order valence-corrected chi connectivity index (χ0v) is 13.7. The number of rotatable bonds is 7. The lowest BCUT2D eigenvalue weighted by Crippen LogP contribution is -2.34. The van der Waals surface area contributed by atoms with Gasteiger partial charge in [0.15, 0.2) is 0 Å². The third-order valence-corrected chi connectivity index (χ3v) is 3.24. The van der Waals surface area contributed by atoms with Gasteiger partial charge in [-0.25, -0.2) is 11.4 Å². The second-order valence-corrected chi connectivity index (χ2v) is 5.43. The van der Waals surface area contributed by atoms with Crippen molar-refractivity contribution in [3.63, 3.8) is 0 Å². The molecule has 5 heteroatoms. The quantitative estimate of drug-likeness (QED) is 0.712. The molecule has 22 heavy (non-hydrogen) atoms. The SMILES string of the molecule is [C-]#[N+]COc1ccc([C@H](C)N(CC)C(=O)OCC(C)C)cc1. The van der Waals surface area contributed by atoms with E-state index < -0.39 is 0 Å². The van der Waals surface area contributed by atoms with Gasteiger partial charge in [-0.15, -0.1) is 0 Å². The fourth-order valence-electron chi connectivity index (χ4n) is 2.01. The highest BCUT2D eigenvalue weighted by atomic mass is 16.6. The van der Waals surface area contributed by atoms with Gasteiger partial charge in [0.2, 0.25) is 0 Å². The van der Waals surface area contributed by atoms with E-state index in [1.165, 1.54) is 0 Å². The van der Waals surface area contributed by atoms with E-state index in [9.17, 15) is 4.79 Å². The van der Waals surface area contributed by atoms with Crippen LogP contribution in [0.15, 0.2) is 24.3 Å². The summed E-state index contributed by atoms with van der Waals surface area (Å²) in [6, 6.07) is 7.35. The summed E-state index contributed by atoms with van der Waals surface area (Å²) in [7, 11) is 0. The molecular weight excluding hydrogens is 280 g/mol. The molecule has 0 aliphatic carbocycles. The third kappa shape index (κ3) is 5.28. The molecule has 0 aromatic heterocycles. The minimum atomic E-state index is -0.294. The highest BCUT2D eigenvalue weighted by Gasteiger charge is 2.21. The van der Waals surface area contributed by atoms with E-state index in [-0.39, 0.29) is 18.9 Å². The second kappa shape index (κ2) is 8.93. The van der Waals surface area contributed by atoms with Crippen molar-refractivity contribution in [2.75, 3.05) is 19.9 Å². The first-order valence-corrected chi connectivity index (χ1v) is 7.49. The average Bonchev–Trinajstić information content (AvgIpc) is 2.52. The Hall–Kier alpha value is -2.22. The van der Waals surface area contributed by atoms with Crippen LogP contribution in [0.3, 0.4) is 0 Å². The minimum Gasteiger partial charge on any atom is -0.449 e. The normalized spacial score (nSPS) is 11.6. The van der Waals surface area contributed by atoms with E-state index in [1.54, 1.807) is 4.90 Å². The van der Waals surface area contributed by atoms with Crippen LogP contribution in [-0.4, -0.2) is 30.9 Å². The molecule has 0 unspecified atom stereocenters. The summed E-state index contributed by atoms with van der Waals surface area (Å²) in [5.41, 5.74) is 0.999. The molecule has 0 bridgehead atoms. The summed E-state index contributed by atoms with van der Waals surface area (Å²) in [6.45, 7) is 15.6. The van der Waals surface area contributed by atoms with Crippen molar-refractivity contribution in [1.29, 1.82) is 0 Å². The van der Waals surface area contributed by atoms with Crippen LogP contribution in [-0.2, 0) is 4.74 Å². The number of amides is 1. The van der Waals surface area contributed by atoms with Gasteiger partial charge in [-0.1, -0.05) is 26.0 Å². The molecule has 0 fully saturated rings. The van der Waals surface area contributed by atoms with Crippen molar-refractivity contribution < 1.29 is 14.3 Å². The van der Waals surface area contributed by atoms with E-state index in [2.05, 4.69) is 4.85 Å². The van der Waals surface area contributed by atoms with E-state index in [0.29, 0.717) is 24.8 Å². The summed E-state index contributed by atoms with van der Waals surface area (Å²) in [5.74, 6) is 0.967. The maximum Gasteiger partial charge on any atom is 0.410 e. The Morgan fingerprint density at radius 2 is 1.91 bits per heavy atom. The molecule has 0 radical (unpaired) electrons. The van der Waals surface area contributed by atoms with Crippen molar-refractivity contribution in [1.82, 2.24) is 4.90 Å². The molecule has 0 aliphatic rings. The van der Waals surface area contributed by atoms with Crippen LogP contribution in [0.4, 0.5) is 4.79 Å². The zero-order chi connectivity index (χ0) is 16.5. The van der Waals surface area contributed by atoms with Crippen molar-refractivity contribution in [3.05, 3.63) is 41.2 Å². The van der Waals surface area contributed by atoms with E-state index in [1.807, 2.05) is 52.0 Å². The fraction of sp³-hybridized carbons (Fsp3) is 0.529. The molecule has 1 aromatic rings. The van der Waals surface area contributed by atoms with Gasteiger partial charge in [0.25, 0.3) is 0 Å². The van der Waals surface area contributed by atoms with Crippen LogP contribution in [0.2, 0.25) is 0 Å². The summed E-state index contributed by atoms with van der Waals surface area (Å²) < 4.78 is 10.5. The Morgan fingerprint density at radius 1 is 1.27 bits per heavy atom. The average molecular weight is 304 g/mol. The number of hydrogen-bond donors (Lipinski definition) is 0. The maximum atomic E-state index is 12.1. The third-order valence-electron chi connectivity index (χ3n) is 3.24. The largest absolute Gasteiger partial charge is 0.449 e. The van der Waals surface area contributed by atoms with Crippen molar-refractivity contribution >= 4 is 6.09 Å². The van der Waals surface area contributed by atoms with E-state index in [0.717, 1.165) is 5.56 Å². The van der Waals surface area contributed by atoms with E-state index >= 15 is 0 Å². The Morgan fingerprint density at radius 3 is 2.41 bits per heavy atom. The van der Waals surface area contributed by atoms with Crippen LogP contribution in [0, 0.1) is 12.5 Å². The summed E-state index contributed by atoms with van der Waals surface area (Å²) in [6.07, 6.45) is -0.294. The van der Waals surface area contributed by atoms with Gasteiger partial charge in [-0.3, -0.25) is 4.85 Å². The van der Waals surface area contributed by atoms with Gasteiger partial charge < -0.3 is 14.4 Å². The Kier molecular flexibility index (Phi) is 7.24. The van der Waals surface area contributed by atoms with Gasteiger partial charge >= 0.3 is 12.8 Å². The molecule has 0 spiro atoms. The lowest BCUT2D eigenvalue weighted by molar-refractivity contribution is 0.0816. The zero-order valence-electron chi connectivity index (χ0n) is 13.7. The molecule has 1 rings (SSSR count). The number of ether oxygens (including phenoxy) is 2. The van der Waals surface area contributed by atoms with E-state index in [4.69, 9.17) is 16.0 Å². The first-order chi connectivity index (χ1) is 10.5. The second-order valence-electron chi connectivity index (χ2n) is 5.43. The lowest BCUT2D eigenvalue weighted by atomic mass is 10.1. The van der Waals surface area contributed by atoms with Crippen LogP contribution >= 0.6 is 0 Å². The van der Waals surface area contributed by atoms with Gasteiger partial charge in [0.1, 0.15) is 5.75 Å². The highest BCUT2D eigenvalue weighted by Crippen LogP contribution is 2.23. The number of benzene rings is 1. The minimum absolute atomic E-state index is 0.0114. The topological polar surface area (TPSA) is 43.1 Å². The Balaban J connectivity index is 2.72. The smallest absolute Gasteiger partial charge is 0.410 e. The van der Waals surface area contributed by atoms with Gasteiger partial charge in [-0.2, -0.15) is 0 Å². The maximum absolute atomic E-state index is 12.1.